The molecule has 1 aliphatic heterocycles. The molecule has 0 unspecified atom stereocenters. The Balaban J connectivity index is 0.000000263. The Hall–Kier alpha value is -5.24. The van der Waals surface area contributed by atoms with Gasteiger partial charge in [-0.05, 0) is 53.9 Å². The highest BCUT2D eigenvalue weighted by atomic mass is 19.4. The van der Waals surface area contributed by atoms with E-state index in [1.54, 1.807) is 59.5 Å². The fourth-order valence-electron chi connectivity index (χ4n) is 4.08. The summed E-state index contributed by atoms with van der Waals surface area (Å²) in [4.78, 5) is 58.6. The van der Waals surface area contributed by atoms with Crippen LogP contribution >= 0.6 is 0 Å². The van der Waals surface area contributed by atoms with Crippen molar-refractivity contribution in [3.8, 4) is 0 Å². The van der Waals surface area contributed by atoms with E-state index in [2.05, 4.69) is 0 Å². The fourth-order valence-corrected chi connectivity index (χ4v) is 4.08. The molecule has 45 heavy (non-hydrogen) atoms. The maximum atomic E-state index is 12.6. The number of fused-ring (bicyclic) bond motifs is 1. The molecular weight excluding hydrogens is 597 g/mol. The van der Waals surface area contributed by atoms with Crippen molar-refractivity contribution in [2.45, 2.75) is 33.0 Å². The van der Waals surface area contributed by atoms with Crippen LogP contribution in [-0.2, 0) is 27.3 Å². The maximum Gasteiger partial charge on any atom is 0.490 e. The average molecular weight is 631 g/mol. The Morgan fingerprint density at radius 1 is 0.911 bits per heavy atom. The van der Waals surface area contributed by atoms with Crippen molar-refractivity contribution in [3.05, 3.63) is 95.1 Å². The number of nitrogens with two attached hydrogens (primary N) is 2. The molecule has 3 amide bonds. The van der Waals surface area contributed by atoms with Gasteiger partial charge >= 0.3 is 18.1 Å². The molecule has 0 saturated heterocycles. The number of benzene rings is 3. The van der Waals surface area contributed by atoms with Crippen molar-refractivity contribution in [1.82, 2.24) is 0 Å². The lowest BCUT2D eigenvalue weighted by molar-refractivity contribution is -0.192. The molecule has 0 aromatic heterocycles. The van der Waals surface area contributed by atoms with Gasteiger partial charge in [0, 0.05) is 41.5 Å². The molecule has 0 atom stereocenters. The summed E-state index contributed by atoms with van der Waals surface area (Å²) in [5, 5.41) is 16.2. The number of para-hydroxylation sites is 1. The van der Waals surface area contributed by atoms with Gasteiger partial charge in [0.1, 0.15) is 6.54 Å². The summed E-state index contributed by atoms with van der Waals surface area (Å²) in [5.41, 5.74) is 15.0. The first-order chi connectivity index (χ1) is 21.1. The first kappa shape index (κ1) is 36.0. The summed E-state index contributed by atoms with van der Waals surface area (Å²) in [5.74, 6) is -4.60. The number of carbonyl (C=O) groups is 5. The van der Waals surface area contributed by atoms with Crippen LogP contribution in [0.3, 0.4) is 0 Å². The first-order valence-electron chi connectivity index (χ1n) is 13.5. The molecule has 1 aliphatic rings. The number of carbonyl (C=O) groups excluding carboxylic acids is 3. The zero-order valence-electron chi connectivity index (χ0n) is 24.5. The second-order valence-corrected chi connectivity index (χ2v) is 9.93. The summed E-state index contributed by atoms with van der Waals surface area (Å²) in [6.45, 7) is 4.37. The molecule has 0 spiro atoms. The molecule has 3 aromatic rings. The van der Waals surface area contributed by atoms with Gasteiger partial charge in [-0.3, -0.25) is 24.1 Å². The molecule has 3 aromatic carbocycles. The smallest absolute Gasteiger partial charge is 0.480 e. The predicted molar refractivity (Wildman–Crippen MR) is 160 cm³/mol. The topological polar surface area (TPSA) is 184 Å². The van der Waals surface area contributed by atoms with Gasteiger partial charge in [0.05, 0.1) is 0 Å². The Morgan fingerprint density at radius 3 is 2.04 bits per heavy atom. The van der Waals surface area contributed by atoms with Crippen molar-refractivity contribution < 1.29 is 47.4 Å². The van der Waals surface area contributed by atoms with E-state index in [4.69, 9.17) is 26.5 Å². The van der Waals surface area contributed by atoms with E-state index < -0.39 is 30.6 Å². The van der Waals surface area contributed by atoms with Crippen molar-refractivity contribution in [2.24, 2.45) is 17.4 Å². The second kappa shape index (κ2) is 16.0. The highest BCUT2D eigenvalue weighted by molar-refractivity contribution is 6.08. The predicted octanol–water partition coefficient (Wildman–Crippen LogP) is 3.84. The van der Waals surface area contributed by atoms with Gasteiger partial charge in [0.15, 0.2) is 0 Å². The fraction of sp³-hybridized carbons (Fsp3) is 0.258. The molecule has 0 radical (unpaired) electrons. The Kier molecular flexibility index (Phi) is 12.8. The number of nitrogens with zero attached hydrogens (tertiary/aromatic N) is 2. The molecule has 11 nitrogen and oxygen atoms in total. The van der Waals surface area contributed by atoms with E-state index >= 15 is 0 Å². The van der Waals surface area contributed by atoms with Crippen LogP contribution in [0.5, 0.6) is 0 Å². The number of halogens is 3. The number of alkyl halides is 3. The van der Waals surface area contributed by atoms with E-state index in [1.165, 1.54) is 4.90 Å². The number of anilines is 2. The van der Waals surface area contributed by atoms with E-state index in [-0.39, 0.29) is 17.7 Å². The second-order valence-electron chi connectivity index (χ2n) is 9.93. The van der Waals surface area contributed by atoms with E-state index in [0.717, 1.165) is 23.2 Å². The Labute approximate surface area is 256 Å². The number of primary amides is 1. The standard InChI is InChI=1S/C16H16N2O3.C13H16N2O2.C2HF3O2/c17-10-12-5-4-6-13(9-12)16(21)18(11-15(19)20)14-7-2-1-3-8-14;1-8(2)13(17)15-6-5-9-3-4-10(12(14)16)7-11(9)15;3-2(4,5)1(6)7/h1-9H,10-11,17H2,(H,19,20);3-4,7-8H,5-6H2,1-2H3,(H2,14,16);(H,6,7). The maximum absolute atomic E-state index is 12.6. The molecule has 0 aliphatic carbocycles. The quantitative estimate of drug-likeness (QED) is 0.303. The van der Waals surface area contributed by atoms with E-state index in [0.29, 0.717) is 29.9 Å². The van der Waals surface area contributed by atoms with Crippen LogP contribution in [-0.4, -0.2) is 59.1 Å². The van der Waals surface area contributed by atoms with Crippen LogP contribution in [0.2, 0.25) is 0 Å². The number of carboxylic acid groups (broad SMARTS) is 2. The van der Waals surface area contributed by atoms with Crippen molar-refractivity contribution in [1.29, 1.82) is 0 Å². The number of amides is 3. The number of hydrogen-bond acceptors (Lipinski definition) is 6. The zero-order chi connectivity index (χ0) is 33.9. The van der Waals surface area contributed by atoms with Crippen LogP contribution in [0.4, 0.5) is 24.5 Å². The Bertz CT molecular complexity index is 1530. The minimum absolute atomic E-state index is 0.0433. The average Bonchev–Trinajstić information content (AvgIpc) is 3.43. The molecule has 1 heterocycles. The van der Waals surface area contributed by atoms with Crippen LogP contribution < -0.4 is 21.3 Å². The van der Waals surface area contributed by atoms with Gasteiger partial charge in [-0.25, -0.2) is 4.79 Å². The Morgan fingerprint density at radius 2 is 1.53 bits per heavy atom. The molecule has 0 fully saturated rings. The summed E-state index contributed by atoms with van der Waals surface area (Å²) in [7, 11) is 0. The van der Waals surface area contributed by atoms with Crippen molar-refractivity contribution >= 4 is 41.0 Å². The normalized spacial score (nSPS) is 11.8. The minimum atomic E-state index is -5.08. The SMILES string of the molecule is CC(C)C(=O)N1CCc2ccc(C(N)=O)cc21.NCc1cccc(C(=O)N(CC(=O)O)c2ccccc2)c1.O=C(O)C(F)(F)F. The first-order valence-corrected chi connectivity index (χ1v) is 13.5. The van der Waals surface area contributed by atoms with Gasteiger partial charge < -0.3 is 26.6 Å². The molecule has 0 bridgehead atoms. The summed E-state index contributed by atoms with van der Waals surface area (Å²) >= 11 is 0. The number of hydrogen-bond donors (Lipinski definition) is 4. The third-order valence-electron chi connectivity index (χ3n) is 6.28. The van der Waals surface area contributed by atoms with Crippen LogP contribution in [0.15, 0.2) is 72.8 Å². The summed E-state index contributed by atoms with van der Waals surface area (Å²) in [6, 6.07) is 20.9. The number of carboxylic acids is 2. The van der Waals surface area contributed by atoms with Gasteiger partial charge in [-0.15, -0.1) is 0 Å². The molecule has 4 rings (SSSR count). The highest BCUT2D eigenvalue weighted by Crippen LogP contribution is 2.30. The van der Waals surface area contributed by atoms with Crippen molar-refractivity contribution in [2.75, 3.05) is 22.9 Å². The third-order valence-corrected chi connectivity index (χ3v) is 6.28. The number of aliphatic carboxylic acids is 2. The molecule has 240 valence electrons. The lowest BCUT2D eigenvalue weighted by Crippen LogP contribution is -2.35. The number of rotatable bonds is 7. The minimum Gasteiger partial charge on any atom is -0.480 e. The van der Waals surface area contributed by atoms with Gasteiger partial charge in [0.2, 0.25) is 11.8 Å². The summed E-state index contributed by atoms with van der Waals surface area (Å²) in [6.07, 6.45) is -4.24. The van der Waals surface area contributed by atoms with Crippen LogP contribution in [0.1, 0.15) is 45.7 Å². The van der Waals surface area contributed by atoms with Gasteiger partial charge in [-0.1, -0.05) is 50.2 Å². The summed E-state index contributed by atoms with van der Waals surface area (Å²) < 4.78 is 31.7. The highest BCUT2D eigenvalue weighted by Gasteiger charge is 2.38. The molecule has 14 heteroatoms. The van der Waals surface area contributed by atoms with Crippen LogP contribution in [0, 0.1) is 5.92 Å². The van der Waals surface area contributed by atoms with E-state index in [9.17, 15) is 32.3 Å². The molecule has 6 N–H and O–H groups in total. The van der Waals surface area contributed by atoms with Gasteiger partial charge in [0.25, 0.3) is 5.91 Å². The lowest BCUT2D eigenvalue weighted by Gasteiger charge is -2.21. The third kappa shape index (κ3) is 10.5. The lowest BCUT2D eigenvalue weighted by atomic mass is 10.1. The largest absolute Gasteiger partial charge is 0.490 e. The van der Waals surface area contributed by atoms with Crippen molar-refractivity contribution in [3.63, 3.8) is 0 Å². The van der Waals surface area contributed by atoms with E-state index in [1.807, 2.05) is 32.0 Å². The molecular formula is C31H33F3N4O7. The molecule has 0 saturated carbocycles. The van der Waals surface area contributed by atoms with Crippen LogP contribution in [0.25, 0.3) is 0 Å². The van der Waals surface area contributed by atoms with Gasteiger partial charge in [-0.2, -0.15) is 13.2 Å². The monoisotopic (exact) mass is 630 g/mol. The zero-order valence-corrected chi connectivity index (χ0v) is 24.5.